The van der Waals surface area contributed by atoms with Gasteiger partial charge in [-0.2, -0.15) is 0 Å². The Labute approximate surface area is 83.8 Å². The Kier molecular flexibility index (Phi) is 3.65. The van der Waals surface area contributed by atoms with Crippen molar-refractivity contribution in [1.82, 2.24) is 0 Å². The molecular weight excluding hydrogens is 178 g/mol. The summed E-state index contributed by atoms with van der Waals surface area (Å²) in [6, 6.07) is 7.21. The van der Waals surface area contributed by atoms with Gasteiger partial charge in [-0.3, -0.25) is 4.79 Å². The molecule has 1 atom stereocenters. The van der Waals surface area contributed by atoms with E-state index in [9.17, 15) is 9.90 Å². The Hall–Kier alpha value is -1.35. The maximum Gasteiger partial charge on any atom is 0.221 e. The summed E-state index contributed by atoms with van der Waals surface area (Å²) in [6.45, 7) is 3.39. The normalized spacial score (nSPS) is 12.2. The number of hydrogen-bond donors (Lipinski definition) is 2. The van der Waals surface area contributed by atoms with Crippen molar-refractivity contribution in [3.63, 3.8) is 0 Å². The number of rotatable bonds is 3. The van der Waals surface area contributed by atoms with Crippen LogP contribution in [0.25, 0.3) is 0 Å². The largest absolute Gasteiger partial charge is 0.388 e. The summed E-state index contributed by atoms with van der Waals surface area (Å²) >= 11 is 0. The highest BCUT2D eigenvalue weighted by molar-refractivity contribution is 5.88. The number of carbonyl (C=O) groups excluding carboxylic acids is 1. The van der Waals surface area contributed by atoms with Crippen LogP contribution in [0.2, 0.25) is 0 Å². The van der Waals surface area contributed by atoms with Crippen molar-refractivity contribution in [2.45, 2.75) is 26.4 Å². The molecule has 0 spiro atoms. The van der Waals surface area contributed by atoms with Gasteiger partial charge in [0.05, 0.1) is 6.10 Å². The average molecular weight is 193 g/mol. The van der Waals surface area contributed by atoms with E-state index in [1.807, 2.05) is 19.1 Å². The molecular formula is C11H15NO2. The van der Waals surface area contributed by atoms with Gasteiger partial charge in [-0.05, 0) is 24.1 Å². The molecule has 0 bridgehead atoms. The van der Waals surface area contributed by atoms with Crippen LogP contribution in [0.3, 0.4) is 0 Å². The Bertz CT molecular complexity index is 306. The van der Waals surface area contributed by atoms with E-state index < -0.39 is 6.10 Å². The van der Waals surface area contributed by atoms with Crippen molar-refractivity contribution >= 4 is 11.6 Å². The van der Waals surface area contributed by atoms with Crippen LogP contribution < -0.4 is 5.32 Å². The summed E-state index contributed by atoms with van der Waals surface area (Å²) in [5, 5.41) is 12.2. The summed E-state index contributed by atoms with van der Waals surface area (Å²) in [7, 11) is 0. The molecule has 3 nitrogen and oxygen atoms in total. The molecule has 3 heteroatoms. The Morgan fingerprint density at radius 3 is 2.43 bits per heavy atom. The van der Waals surface area contributed by atoms with Crippen LogP contribution in [0.4, 0.5) is 5.69 Å². The summed E-state index contributed by atoms with van der Waals surface area (Å²) in [5.41, 5.74) is 1.63. The fourth-order valence-electron chi connectivity index (χ4n) is 1.23. The maximum absolute atomic E-state index is 10.7. The van der Waals surface area contributed by atoms with Crippen LogP contribution >= 0.6 is 0 Å². The van der Waals surface area contributed by atoms with E-state index in [1.54, 1.807) is 12.1 Å². The van der Waals surface area contributed by atoms with Gasteiger partial charge in [0, 0.05) is 12.6 Å². The van der Waals surface area contributed by atoms with Crippen molar-refractivity contribution in [2.24, 2.45) is 0 Å². The number of nitrogens with one attached hydrogen (secondary N) is 1. The second kappa shape index (κ2) is 4.77. The van der Waals surface area contributed by atoms with E-state index >= 15 is 0 Å². The minimum Gasteiger partial charge on any atom is -0.388 e. The number of hydrogen-bond acceptors (Lipinski definition) is 2. The quantitative estimate of drug-likeness (QED) is 0.772. The number of carbonyl (C=O) groups is 1. The van der Waals surface area contributed by atoms with Gasteiger partial charge in [-0.15, -0.1) is 0 Å². The van der Waals surface area contributed by atoms with Crippen LogP contribution in [0.5, 0.6) is 0 Å². The molecule has 0 aliphatic rings. The van der Waals surface area contributed by atoms with E-state index in [0.29, 0.717) is 6.42 Å². The lowest BCUT2D eigenvalue weighted by Crippen LogP contribution is -2.05. The first-order chi connectivity index (χ1) is 6.63. The van der Waals surface area contributed by atoms with Gasteiger partial charge in [-0.25, -0.2) is 0 Å². The fraction of sp³-hybridized carbons (Fsp3) is 0.364. The van der Waals surface area contributed by atoms with Crippen LogP contribution in [-0.4, -0.2) is 11.0 Å². The monoisotopic (exact) mass is 193 g/mol. The lowest BCUT2D eigenvalue weighted by atomic mass is 10.1. The number of amides is 1. The van der Waals surface area contributed by atoms with Gasteiger partial charge in [0.1, 0.15) is 0 Å². The zero-order chi connectivity index (χ0) is 10.6. The maximum atomic E-state index is 10.7. The highest BCUT2D eigenvalue weighted by Crippen LogP contribution is 2.18. The molecule has 1 amide bonds. The first-order valence-corrected chi connectivity index (χ1v) is 4.69. The van der Waals surface area contributed by atoms with Gasteiger partial charge >= 0.3 is 0 Å². The van der Waals surface area contributed by atoms with Crippen molar-refractivity contribution in [3.8, 4) is 0 Å². The molecule has 0 radical (unpaired) electrons. The highest BCUT2D eigenvalue weighted by atomic mass is 16.3. The third-order valence-corrected chi connectivity index (χ3v) is 2.00. The zero-order valence-corrected chi connectivity index (χ0v) is 8.45. The lowest BCUT2D eigenvalue weighted by Gasteiger charge is -2.08. The number of anilines is 1. The van der Waals surface area contributed by atoms with Crippen molar-refractivity contribution in [2.75, 3.05) is 5.32 Å². The number of aliphatic hydroxyl groups is 1. The van der Waals surface area contributed by atoms with Crippen molar-refractivity contribution in [3.05, 3.63) is 29.8 Å². The van der Waals surface area contributed by atoms with Crippen LogP contribution in [0.15, 0.2) is 24.3 Å². The standard InChI is InChI=1S/C11H15NO2/c1-3-11(14)9-4-6-10(7-5-9)12-8(2)13/h4-7,11,14H,3H2,1-2H3,(H,12,13). The summed E-state index contributed by atoms with van der Waals surface area (Å²) in [4.78, 5) is 10.7. The topological polar surface area (TPSA) is 49.3 Å². The molecule has 0 fully saturated rings. The number of benzene rings is 1. The molecule has 1 aromatic carbocycles. The van der Waals surface area contributed by atoms with Gasteiger partial charge in [-0.1, -0.05) is 19.1 Å². The Morgan fingerprint density at radius 1 is 1.43 bits per heavy atom. The first-order valence-electron chi connectivity index (χ1n) is 4.69. The molecule has 76 valence electrons. The second-order valence-corrected chi connectivity index (χ2v) is 3.23. The zero-order valence-electron chi connectivity index (χ0n) is 8.45. The average Bonchev–Trinajstić information content (AvgIpc) is 2.17. The summed E-state index contributed by atoms with van der Waals surface area (Å²) in [6.07, 6.45) is 0.279. The Balaban J connectivity index is 2.73. The van der Waals surface area contributed by atoms with Gasteiger partial charge in [0.15, 0.2) is 0 Å². The van der Waals surface area contributed by atoms with E-state index in [2.05, 4.69) is 5.32 Å². The predicted molar refractivity (Wildman–Crippen MR) is 56.0 cm³/mol. The molecule has 0 heterocycles. The molecule has 0 saturated carbocycles. The number of aliphatic hydroxyl groups excluding tert-OH is 1. The van der Waals surface area contributed by atoms with Crippen molar-refractivity contribution in [1.29, 1.82) is 0 Å². The van der Waals surface area contributed by atoms with E-state index in [1.165, 1.54) is 6.92 Å². The predicted octanol–water partition coefficient (Wildman–Crippen LogP) is 2.09. The van der Waals surface area contributed by atoms with E-state index in [-0.39, 0.29) is 5.91 Å². The second-order valence-electron chi connectivity index (χ2n) is 3.23. The van der Waals surface area contributed by atoms with Crippen molar-refractivity contribution < 1.29 is 9.90 Å². The minimum atomic E-state index is -0.415. The Morgan fingerprint density at radius 2 is 2.00 bits per heavy atom. The molecule has 1 aromatic rings. The molecule has 0 saturated heterocycles. The van der Waals surface area contributed by atoms with E-state index in [0.717, 1.165) is 11.3 Å². The molecule has 0 aliphatic heterocycles. The molecule has 14 heavy (non-hydrogen) atoms. The fourth-order valence-corrected chi connectivity index (χ4v) is 1.23. The molecule has 2 N–H and O–H groups in total. The van der Waals surface area contributed by atoms with Gasteiger partial charge in [0.2, 0.25) is 5.91 Å². The molecule has 0 aromatic heterocycles. The third kappa shape index (κ3) is 2.85. The SMILES string of the molecule is CCC(O)c1ccc(NC(C)=O)cc1. The van der Waals surface area contributed by atoms with Gasteiger partial charge in [0.25, 0.3) is 0 Å². The molecule has 1 rings (SSSR count). The van der Waals surface area contributed by atoms with Gasteiger partial charge < -0.3 is 10.4 Å². The van der Waals surface area contributed by atoms with E-state index in [4.69, 9.17) is 0 Å². The van der Waals surface area contributed by atoms with Crippen LogP contribution in [0.1, 0.15) is 31.9 Å². The van der Waals surface area contributed by atoms with Crippen LogP contribution in [-0.2, 0) is 4.79 Å². The highest BCUT2D eigenvalue weighted by Gasteiger charge is 2.03. The molecule has 1 unspecified atom stereocenters. The third-order valence-electron chi connectivity index (χ3n) is 2.00. The minimum absolute atomic E-state index is 0.0891. The molecule has 0 aliphatic carbocycles. The smallest absolute Gasteiger partial charge is 0.221 e. The van der Waals surface area contributed by atoms with Crippen LogP contribution in [0, 0.1) is 0 Å². The first kappa shape index (κ1) is 10.7. The lowest BCUT2D eigenvalue weighted by molar-refractivity contribution is -0.114. The summed E-state index contributed by atoms with van der Waals surface area (Å²) < 4.78 is 0. The summed E-state index contributed by atoms with van der Waals surface area (Å²) in [5.74, 6) is -0.0891.